The van der Waals surface area contributed by atoms with Crippen molar-refractivity contribution < 1.29 is 19.4 Å². The SMILES string of the molecule is CC(=O)n1nc(Br)c2ccc([N+](=O)[O-])cc21.CC(=O)n1nc(Br)c2ccc([N+](=O)[O-])cc21. The molecule has 164 valence electrons. The summed E-state index contributed by atoms with van der Waals surface area (Å²) in [6.07, 6.45) is 0. The van der Waals surface area contributed by atoms with Crippen molar-refractivity contribution in [2.75, 3.05) is 0 Å². The second-order valence-corrected chi connectivity index (χ2v) is 7.86. The van der Waals surface area contributed by atoms with E-state index in [1.54, 1.807) is 12.1 Å². The predicted molar refractivity (Wildman–Crippen MR) is 121 cm³/mol. The van der Waals surface area contributed by atoms with Crippen LogP contribution in [0.5, 0.6) is 0 Å². The molecule has 4 aromatic rings. The summed E-state index contributed by atoms with van der Waals surface area (Å²) < 4.78 is 3.25. The molecule has 32 heavy (non-hydrogen) atoms. The largest absolute Gasteiger partial charge is 0.273 e. The molecule has 0 amide bonds. The van der Waals surface area contributed by atoms with E-state index in [0.29, 0.717) is 31.0 Å². The molecule has 0 bridgehead atoms. The van der Waals surface area contributed by atoms with Gasteiger partial charge < -0.3 is 0 Å². The summed E-state index contributed by atoms with van der Waals surface area (Å²) in [6, 6.07) is 8.52. The summed E-state index contributed by atoms with van der Waals surface area (Å²) in [5.74, 6) is -0.590. The number of carbonyl (C=O) groups is 2. The molecule has 2 aromatic carbocycles. The summed E-state index contributed by atoms with van der Waals surface area (Å²) in [7, 11) is 0. The summed E-state index contributed by atoms with van der Waals surface area (Å²) >= 11 is 6.39. The van der Waals surface area contributed by atoms with Gasteiger partial charge in [-0.05, 0) is 44.0 Å². The summed E-state index contributed by atoms with van der Waals surface area (Å²) in [5.41, 5.74) is 0.715. The Hall–Kier alpha value is -3.52. The molecule has 4 rings (SSSR count). The number of benzene rings is 2. The molecule has 0 aliphatic carbocycles. The Balaban J connectivity index is 0.000000181. The van der Waals surface area contributed by atoms with Crippen molar-refractivity contribution in [3.05, 3.63) is 65.8 Å². The van der Waals surface area contributed by atoms with Crippen LogP contribution in [0.25, 0.3) is 21.8 Å². The molecule has 12 nitrogen and oxygen atoms in total. The van der Waals surface area contributed by atoms with Gasteiger partial charge in [-0.2, -0.15) is 19.6 Å². The first-order valence-corrected chi connectivity index (χ1v) is 10.3. The fraction of sp³-hybridized carbons (Fsp3) is 0.111. The lowest BCUT2D eigenvalue weighted by molar-refractivity contribution is -0.384. The van der Waals surface area contributed by atoms with Crippen LogP contribution in [0.3, 0.4) is 0 Å². The summed E-state index contributed by atoms with van der Waals surface area (Å²) in [6.45, 7) is 2.69. The molecule has 0 fully saturated rings. The zero-order valence-electron chi connectivity index (χ0n) is 16.4. The molecule has 0 unspecified atom stereocenters. The van der Waals surface area contributed by atoms with Gasteiger partial charge in [-0.25, -0.2) is 0 Å². The van der Waals surface area contributed by atoms with Gasteiger partial charge in [0, 0.05) is 48.9 Å². The molecule has 0 radical (unpaired) electrons. The van der Waals surface area contributed by atoms with Crippen molar-refractivity contribution in [3.8, 4) is 0 Å². The Morgan fingerprint density at radius 2 is 1.12 bits per heavy atom. The van der Waals surface area contributed by atoms with Crippen LogP contribution in [-0.2, 0) is 0 Å². The van der Waals surface area contributed by atoms with E-state index in [2.05, 4.69) is 42.1 Å². The normalized spacial score (nSPS) is 10.6. The number of hydrogen-bond donors (Lipinski definition) is 0. The van der Waals surface area contributed by atoms with E-state index in [1.165, 1.54) is 38.1 Å². The van der Waals surface area contributed by atoms with Gasteiger partial charge in [0.15, 0.2) is 0 Å². The zero-order chi connectivity index (χ0) is 23.7. The Kier molecular flexibility index (Phi) is 6.45. The fourth-order valence-corrected chi connectivity index (χ4v) is 3.83. The number of fused-ring (bicyclic) bond motifs is 2. The number of nitro groups is 2. The quantitative estimate of drug-likeness (QED) is 0.248. The summed E-state index contributed by atoms with van der Waals surface area (Å²) in [4.78, 5) is 42.7. The minimum atomic E-state index is -0.509. The van der Waals surface area contributed by atoms with Crippen LogP contribution in [0.2, 0.25) is 0 Å². The molecule has 0 aliphatic rings. The van der Waals surface area contributed by atoms with E-state index in [0.717, 1.165) is 9.36 Å². The van der Waals surface area contributed by atoms with E-state index >= 15 is 0 Å². The molecule has 2 heterocycles. The number of nitro benzene ring substituents is 2. The molecular weight excluding hydrogens is 556 g/mol. The number of halogens is 2. The van der Waals surface area contributed by atoms with Gasteiger partial charge in [-0.1, -0.05) is 0 Å². The van der Waals surface area contributed by atoms with Crippen LogP contribution in [-0.4, -0.2) is 41.2 Å². The van der Waals surface area contributed by atoms with Crippen LogP contribution >= 0.6 is 31.9 Å². The zero-order valence-corrected chi connectivity index (χ0v) is 19.5. The maximum Gasteiger partial charge on any atom is 0.271 e. The first-order chi connectivity index (χ1) is 15.0. The van der Waals surface area contributed by atoms with Crippen molar-refractivity contribution in [1.29, 1.82) is 0 Å². The molecule has 0 saturated carbocycles. The lowest BCUT2D eigenvalue weighted by Crippen LogP contribution is -2.06. The smallest absolute Gasteiger partial charge is 0.271 e. The Bertz CT molecular complexity index is 1320. The number of nitrogens with zero attached hydrogens (tertiary/aromatic N) is 6. The number of non-ortho nitro benzene ring substituents is 2. The van der Waals surface area contributed by atoms with Crippen LogP contribution in [0.1, 0.15) is 23.4 Å². The number of rotatable bonds is 2. The fourth-order valence-electron chi connectivity index (χ4n) is 2.84. The second kappa shape index (κ2) is 8.92. The van der Waals surface area contributed by atoms with Gasteiger partial charge in [0.05, 0.1) is 20.9 Å². The first-order valence-electron chi connectivity index (χ1n) is 8.68. The molecule has 2 aromatic heterocycles. The molecule has 14 heteroatoms. The minimum Gasteiger partial charge on any atom is -0.273 e. The van der Waals surface area contributed by atoms with Gasteiger partial charge in [0.25, 0.3) is 11.4 Å². The van der Waals surface area contributed by atoms with Crippen molar-refractivity contribution in [2.24, 2.45) is 0 Å². The minimum absolute atomic E-state index is 0.0672. The maximum atomic E-state index is 11.3. The Labute approximate surface area is 195 Å². The Morgan fingerprint density at radius 1 is 0.781 bits per heavy atom. The summed E-state index contributed by atoms with van der Waals surface area (Å²) in [5, 5.41) is 30.5. The van der Waals surface area contributed by atoms with E-state index in [4.69, 9.17) is 0 Å². The van der Waals surface area contributed by atoms with Gasteiger partial charge >= 0.3 is 0 Å². The van der Waals surface area contributed by atoms with Gasteiger partial charge in [0.2, 0.25) is 11.8 Å². The third-order valence-electron chi connectivity index (χ3n) is 4.26. The molecule has 0 N–H and O–H groups in total. The monoisotopic (exact) mass is 566 g/mol. The first kappa shape index (κ1) is 23.1. The van der Waals surface area contributed by atoms with E-state index in [-0.39, 0.29) is 23.2 Å². The van der Waals surface area contributed by atoms with Crippen LogP contribution in [0.4, 0.5) is 11.4 Å². The van der Waals surface area contributed by atoms with Crippen molar-refractivity contribution in [3.63, 3.8) is 0 Å². The van der Waals surface area contributed by atoms with E-state index in [1.807, 2.05) is 0 Å². The van der Waals surface area contributed by atoms with Gasteiger partial charge in [-0.15, -0.1) is 0 Å². The lowest BCUT2D eigenvalue weighted by Gasteiger charge is -1.96. The van der Waals surface area contributed by atoms with E-state index < -0.39 is 9.85 Å². The van der Waals surface area contributed by atoms with Crippen LogP contribution < -0.4 is 0 Å². The molecule has 0 spiro atoms. The maximum absolute atomic E-state index is 11.3. The predicted octanol–water partition coefficient (Wildman–Crippen LogP) is 4.73. The third kappa shape index (κ3) is 4.40. The molecular formula is C18H12Br2N6O6. The van der Waals surface area contributed by atoms with Gasteiger partial charge in [-0.3, -0.25) is 29.8 Å². The molecule has 0 aliphatic heterocycles. The number of hydrogen-bond acceptors (Lipinski definition) is 8. The highest BCUT2D eigenvalue weighted by molar-refractivity contribution is 9.10. The average Bonchev–Trinajstić information content (AvgIpc) is 3.25. The average molecular weight is 568 g/mol. The van der Waals surface area contributed by atoms with Gasteiger partial charge in [0.1, 0.15) is 9.21 Å². The van der Waals surface area contributed by atoms with Crippen molar-refractivity contribution in [1.82, 2.24) is 19.6 Å². The Morgan fingerprint density at radius 3 is 1.41 bits per heavy atom. The van der Waals surface area contributed by atoms with E-state index in [9.17, 15) is 29.8 Å². The lowest BCUT2D eigenvalue weighted by atomic mass is 10.2. The molecule has 0 atom stereocenters. The molecule has 0 saturated heterocycles. The standard InChI is InChI=1S/2C9H6BrN3O3/c2*1-5(14)12-8-4-6(13(15)16)2-3-7(8)9(10)11-12/h2*2-4H,1H3. The topological polar surface area (TPSA) is 156 Å². The van der Waals surface area contributed by atoms with Crippen LogP contribution in [0, 0.1) is 20.2 Å². The highest BCUT2D eigenvalue weighted by Gasteiger charge is 2.16. The second-order valence-electron chi connectivity index (χ2n) is 6.36. The van der Waals surface area contributed by atoms with Crippen molar-refractivity contribution >= 4 is 76.9 Å². The van der Waals surface area contributed by atoms with Crippen LogP contribution in [0.15, 0.2) is 45.6 Å². The highest BCUT2D eigenvalue weighted by Crippen LogP contribution is 2.28. The third-order valence-corrected chi connectivity index (χ3v) is 5.43. The number of carbonyl (C=O) groups excluding carboxylic acids is 2. The number of aromatic nitrogens is 4. The van der Waals surface area contributed by atoms with Crippen molar-refractivity contribution in [2.45, 2.75) is 13.8 Å². The highest BCUT2D eigenvalue weighted by atomic mass is 79.9.